The summed E-state index contributed by atoms with van der Waals surface area (Å²) in [6.07, 6.45) is 3.09. The van der Waals surface area contributed by atoms with Crippen molar-refractivity contribution in [2.75, 3.05) is 23.3 Å². The number of primary amides is 1. The molecule has 2 amide bonds. The van der Waals surface area contributed by atoms with Gasteiger partial charge in [0.2, 0.25) is 5.91 Å². The predicted octanol–water partition coefficient (Wildman–Crippen LogP) is 3.83. The van der Waals surface area contributed by atoms with E-state index < -0.39 is 0 Å². The van der Waals surface area contributed by atoms with E-state index >= 15 is 0 Å². The second-order valence-electron chi connectivity index (χ2n) is 6.64. The average molecular weight is 413 g/mol. The molecule has 0 saturated carbocycles. The van der Waals surface area contributed by atoms with Crippen LogP contribution in [0.5, 0.6) is 0 Å². The maximum Gasteiger partial charge on any atom is 0.267 e. The Labute approximate surface area is 171 Å². The van der Waals surface area contributed by atoms with Gasteiger partial charge in [0, 0.05) is 19.0 Å². The summed E-state index contributed by atoms with van der Waals surface area (Å²) in [4.78, 5) is 32.4. The van der Waals surface area contributed by atoms with Crippen molar-refractivity contribution in [2.45, 2.75) is 12.8 Å². The van der Waals surface area contributed by atoms with Gasteiger partial charge in [-0.1, -0.05) is 18.2 Å². The van der Waals surface area contributed by atoms with Gasteiger partial charge >= 0.3 is 0 Å². The zero-order valence-corrected chi connectivity index (χ0v) is 16.8. The maximum atomic E-state index is 12.8. The second kappa shape index (κ2) is 8.12. The lowest BCUT2D eigenvalue weighted by atomic mass is 9.96. The van der Waals surface area contributed by atoms with Gasteiger partial charge in [0.05, 0.1) is 22.4 Å². The van der Waals surface area contributed by atoms with Crippen LogP contribution in [0, 0.1) is 5.92 Å². The van der Waals surface area contributed by atoms with Crippen LogP contribution in [0.1, 0.15) is 22.5 Å². The molecule has 1 saturated heterocycles. The minimum absolute atomic E-state index is 0.0640. The third-order valence-electron chi connectivity index (χ3n) is 4.85. The van der Waals surface area contributed by atoms with Crippen molar-refractivity contribution in [1.82, 2.24) is 4.98 Å². The van der Waals surface area contributed by atoms with Gasteiger partial charge in [-0.25, -0.2) is 4.98 Å². The van der Waals surface area contributed by atoms with E-state index in [4.69, 9.17) is 5.73 Å². The summed E-state index contributed by atoms with van der Waals surface area (Å²) in [7, 11) is 0. The minimum Gasteiger partial charge on any atom is -0.370 e. The number of thiazole rings is 1. The highest BCUT2D eigenvalue weighted by Gasteiger charge is 2.25. The number of benzene rings is 1. The highest BCUT2D eigenvalue weighted by Crippen LogP contribution is 2.32. The van der Waals surface area contributed by atoms with Gasteiger partial charge in [0.1, 0.15) is 9.88 Å². The Kier molecular flexibility index (Phi) is 5.40. The monoisotopic (exact) mass is 412 g/mol. The number of piperidine rings is 1. The molecule has 1 fully saturated rings. The second-order valence-corrected chi connectivity index (χ2v) is 8.62. The topological polar surface area (TPSA) is 88.3 Å². The summed E-state index contributed by atoms with van der Waals surface area (Å²) in [5, 5.41) is 5.86. The third kappa shape index (κ3) is 3.93. The van der Waals surface area contributed by atoms with Crippen LogP contribution in [-0.2, 0) is 4.79 Å². The van der Waals surface area contributed by atoms with E-state index in [-0.39, 0.29) is 17.7 Å². The fraction of sp³-hybridized carbons (Fsp3) is 0.250. The molecule has 4 rings (SSSR count). The molecular formula is C20H20N4O2S2. The number of hydrogen-bond donors (Lipinski definition) is 2. The van der Waals surface area contributed by atoms with Gasteiger partial charge in [0.15, 0.2) is 0 Å². The zero-order chi connectivity index (χ0) is 19.5. The van der Waals surface area contributed by atoms with Gasteiger partial charge in [-0.3, -0.25) is 9.59 Å². The lowest BCUT2D eigenvalue weighted by molar-refractivity contribution is -0.122. The Balaban J connectivity index is 1.48. The Hall–Kier alpha value is -2.71. The number of carbonyl (C=O) groups is 2. The number of aromatic nitrogens is 1. The van der Waals surface area contributed by atoms with E-state index in [1.807, 2.05) is 41.8 Å². The molecule has 0 bridgehead atoms. The summed E-state index contributed by atoms with van der Waals surface area (Å²) in [5.74, 6) is -0.460. The van der Waals surface area contributed by atoms with Crippen molar-refractivity contribution in [3.8, 4) is 9.88 Å². The van der Waals surface area contributed by atoms with E-state index in [1.54, 1.807) is 17.5 Å². The number of para-hydroxylation sites is 2. The summed E-state index contributed by atoms with van der Waals surface area (Å²) in [5.41, 5.74) is 7.15. The van der Waals surface area contributed by atoms with Crippen molar-refractivity contribution < 1.29 is 9.59 Å². The Bertz CT molecular complexity index is 976. The highest BCUT2D eigenvalue weighted by molar-refractivity contribution is 7.22. The van der Waals surface area contributed by atoms with Gasteiger partial charge in [-0.05, 0) is 36.4 Å². The van der Waals surface area contributed by atoms with E-state index in [0.29, 0.717) is 4.88 Å². The lowest BCUT2D eigenvalue weighted by Gasteiger charge is -2.33. The van der Waals surface area contributed by atoms with Crippen LogP contribution < -0.4 is 16.0 Å². The molecule has 2 aromatic heterocycles. The first-order valence-electron chi connectivity index (χ1n) is 9.06. The quantitative estimate of drug-likeness (QED) is 0.667. The number of nitrogens with two attached hydrogens (primary N) is 1. The van der Waals surface area contributed by atoms with Gasteiger partial charge < -0.3 is 16.0 Å². The number of thiophene rings is 1. The van der Waals surface area contributed by atoms with Crippen molar-refractivity contribution in [2.24, 2.45) is 11.7 Å². The van der Waals surface area contributed by atoms with Crippen LogP contribution in [0.25, 0.3) is 9.88 Å². The number of nitrogens with one attached hydrogen (secondary N) is 1. The molecule has 3 heterocycles. The number of anilines is 2. The van der Waals surface area contributed by atoms with Crippen molar-refractivity contribution in [1.29, 1.82) is 0 Å². The molecule has 3 aromatic rings. The Morgan fingerprint density at radius 1 is 1.14 bits per heavy atom. The van der Waals surface area contributed by atoms with Gasteiger partial charge in [-0.15, -0.1) is 22.7 Å². The minimum atomic E-state index is -0.229. The van der Waals surface area contributed by atoms with Crippen LogP contribution in [0.3, 0.4) is 0 Å². The number of rotatable bonds is 5. The van der Waals surface area contributed by atoms with Crippen LogP contribution in [-0.4, -0.2) is 29.9 Å². The Morgan fingerprint density at radius 3 is 2.64 bits per heavy atom. The molecule has 0 atom stereocenters. The highest BCUT2D eigenvalue weighted by atomic mass is 32.1. The first-order chi connectivity index (χ1) is 13.6. The van der Waals surface area contributed by atoms with E-state index in [9.17, 15) is 9.59 Å². The van der Waals surface area contributed by atoms with Crippen molar-refractivity contribution in [3.63, 3.8) is 0 Å². The molecule has 0 radical (unpaired) electrons. The number of carbonyl (C=O) groups excluding carboxylic acids is 2. The van der Waals surface area contributed by atoms with Crippen LogP contribution in [0.4, 0.5) is 11.4 Å². The van der Waals surface area contributed by atoms with E-state index in [2.05, 4.69) is 15.2 Å². The normalized spacial score (nSPS) is 14.8. The molecule has 0 spiro atoms. The summed E-state index contributed by atoms with van der Waals surface area (Å²) < 4.78 is 0. The van der Waals surface area contributed by atoms with Gasteiger partial charge in [-0.2, -0.15) is 0 Å². The summed E-state index contributed by atoms with van der Waals surface area (Å²) in [6.45, 7) is 1.48. The van der Waals surface area contributed by atoms with Gasteiger partial charge in [0.25, 0.3) is 5.91 Å². The SMILES string of the molecule is NC(=O)C1CCN(c2ccccc2NC(=O)c2cnc(-c3cccs3)s2)CC1. The first kappa shape index (κ1) is 18.6. The zero-order valence-electron chi connectivity index (χ0n) is 15.1. The standard InChI is InChI=1S/C20H20N4O2S2/c21-18(25)13-7-9-24(10-8-13)15-5-2-1-4-14(15)23-19(26)17-12-22-20(28-17)16-6-3-11-27-16/h1-6,11-13H,7-10H2,(H2,21,25)(H,23,26). The number of nitrogens with zero attached hydrogens (tertiary/aromatic N) is 2. The smallest absolute Gasteiger partial charge is 0.267 e. The molecule has 1 aliphatic rings. The van der Waals surface area contributed by atoms with Crippen LogP contribution in [0.15, 0.2) is 48.0 Å². The fourth-order valence-corrected chi connectivity index (χ4v) is 4.95. The number of amides is 2. The van der Waals surface area contributed by atoms with Crippen molar-refractivity contribution >= 4 is 45.9 Å². The third-order valence-corrected chi connectivity index (χ3v) is 6.89. The molecule has 0 aliphatic carbocycles. The Morgan fingerprint density at radius 2 is 1.93 bits per heavy atom. The lowest BCUT2D eigenvalue weighted by Crippen LogP contribution is -2.38. The summed E-state index contributed by atoms with van der Waals surface area (Å²) >= 11 is 2.99. The van der Waals surface area contributed by atoms with Crippen LogP contribution >= 0.6 is 22.7 Å². The largest absolute Gasteiger partial charge is 0.370 e. The first-order valence-corrected chi connectivity index (χ1v) is 10.8. The van der Waals surface area contributed by atoms with Crippen LogP contribution in [0.2, 0.25) is 0 Å². The number of hydrogen-bond acceptors (Lipinski definition) is 6. The maximum absolute atomic E-state index is 12.8. The van der Waals surface area contributed by atoms with E-state index in [0.717, 1.165) is 47.2 Å². The summed E-state index contributed by atoms with van der Waals surface area (Å²) in [6, 6.07) is 11.7. The predicted molar refractivity (Wildman–Crippen MR) is 114 cm³/mol. The molecule has 6 nitrogen and oxygen atoms in total. The molecule has 144 valence electrons. The molecule has 1 aliphatic heterocycles. The molecular weight excluding hydrogens is 392 g/mol. The fourth-order valence-electron chi connectivity index (χ4n) is 3.34. The molecule has 0 unspecified atom stereocenters. The molecule has 8 heteroatoms. The average Bonchev–Trinajstić information content (AvgIpc) is 3.40. The van der Waals surface area contributed by atoms with Crippen molar-refractivity contribution in [3.05, 3.63) is 52.9 Å². The molecule has 3 N–H and O–H groups in total. The van der Waals surface area contributed by atoms with E-state index in [1.165, 1.54) is 11.3 Å². The molecule has 1 aromatic carbocycles. The molecule has 28 heavy (non-hydrogen) atoms.